The van der Waals surface area contributed by atoms with Gasteiger partial charge in [0.15, 0.2) is 5.82 Å². The minimum absolute atomic E-state index is 0.139. The Morgan fingerprint density at radius 1 is 1.07 bits per heavy atom. The first-order chi connectivity index (χ1) is 14.0. The van der Waals surface area contributed by atoms with E-state index in [-0.39, 0.29) is 17.1 Å². The van der Waals surface area contributed by atoms with E-state index < -0.39 is 0 Å². The van der Waals surface area contributed by atoms with Gasteiger partial charge in [-0.1, -0.05) is 36.3 Å². The largest absolute Gasteiger partial charge is 0.360 e. The maximum Gasteiger partial charge on any atom is 0.255 e. The van der Waals surface area contributed by atoms with Crippen molar-refractivity contribution in [3.63, 3.8) is 0 Å². The lowest BCUT2D eigenvalue weighted by atomic mass is 10.1. The number of nitrogens with one attached hydrogen (secondary N) is 2. The number of amides is 2. The third-order valence-electron chi connectivity index (χ3n) is 4.30. The van der Waals surface area contributed by atoms with Crippen LogP contribution in [0.3, 0.4) is 0 Å². The number of hydrogen-bond donors (Lipinski definition) is 2. The van der Waals surface area contributed by atoms with Gasteiger partial charge >= 0.3 is 0 Å². The van der Waals surface area contributed by atoms with Crippen molar-refractivity contribution in [1.29, 1.82) is 0 Å². The van der Waals surface area contributed by atoms with Crippen LogP contribution >= 0.6 is 11.8 Å². The molecule has 2 amide bonds. The molecule has 1 atom stereocenters. The Kier molecular flexibility index (Phi) is 6.72. The average molecular weight is 410 g/mol. The number of aryl methyl sites for hydroxylation is 2. The van der Waals surface area contributed by atoms with E-state index in [2.05, 4.69) is 15.8 Å². The van der Waals surface area contributed by atoms with E-state index in [4.69, 9.17) is 4.52 Å². The van der Waals surface area contributed by atoms with Gasteiger partial charge in [-0.15, -0.1) is 11.8 Å². The number of anilines is 2. The number of nitrogens with zero attached hydrogens (tertiary/aromatic N) is 1. The molecule has 29 heavy (non-hydrogen) atoms. The highest BCUT2D eigenvalue weighted by atomic mass is 32.2. The highest BCUT2D eigenvalue weighted by Crippen LogP contribution is 2.28. The first-order valence-electron chi connectivity index (χ1n) is 9.34. The summed E-state index contributed by atoms with van der Waals surface area (Å²) in [4.78, 5) is 26.0. The molecule has 150 valence electrons. The van der Waals surface area contributed by atoms with Crippen molar-refractivity contribution in [1.82, 2.24) is 5.16 Å². The third-order valence-corrected chi connectivity index (χ3v) is 5.66. The fourth-order valence-corrected chi connectivity index (χ4v) is 3.81. The smallest absolute Gasteiger partial charge is 0.255 e. The molecule has 2 aromatic carbocycles. The molecule has 0 aliphatic heterocycles. The first kappa shape index (κ1) is 20.7. The molecule has 0 aliphatic carbocycles. The Balaban J connectivity index is 1.67. The molecular weight excluding hydrogens is 386 g/mol. The molecule has 3 aromatic rings. The Bertz CT molecular complexity index is 1020. The summed E-state index contributed by atoms with van der Waals surface area (Å²) in [5.41, 5.74) is 2.24. The Morgan fingerprint density at radius 2 is 1.86 bits per heavy atom. The molecule has 0 spiro atoms. The summed E-state index contributed by atoms with van der Waals surface area (Å²) < 4.78 is 4.98. The van der Waals surface area contributed by atoms with Crippen molar-refractivity contribution >= 4 is 35.1 Å². The van der Waals surface area contributed by atoms with Gasteiger partial charge in [-0.05, 0) is 50.1 Å². The zero-order chi connectivity index (χ0) is 20.8. The van der Waals surface area contributed by atoms with Crippen LogP contribution in [0.4, 0.5) is 11.5 Å². The van der Waals surface area contributed by atoms with Crippen LogP contribution in [0.5, 0.6) is 0 Å². The van der Waals surface area contributed by atoms with Crippen LogP contribution in [0.2, 0.25) is 0 Å². The van der Waals surface area contributed by atoms with Crippen LogP contribution in [0, 0.1) is 13.8 Å². The summed E-state index contributed by atoms with van der Waals surface area (Å²) >= 11 is 1.44. The average Bonchev–Trinajstić information content (AvgIpc) is 3.11. The monoisotopic (exact) mass is 409 g/mol. The molecule has 0 fully saturated rings. The van der Waals surface area contributed by atoms with E-state index in [9.17, 15) is 9.59 Å². The van der Waals surface area contributed by atoms with E-state index >= 15 is 0 Å². The van der Waals surface area contributed by atoms with Gasteiger partial charge in [0, 0.05) is 22.2 Å². The number of benzene rings is 2. The maximum atomic E-state index is 12.6. The second-order valence-electron chi connectivity index (χ2n) is 6.62. The van der Waals surface area contributed by atoms with Crippen LogP contribution in [-0.4, -0.2) is 22.2 Å². The highest BCUT2D eigenvalue weighted by Gasteiger charge is 2.19. The van der Waals surface area contributed by atoms with Gasteiger partial charge in [-0.25, -0.2) is 0 Å². The minimum atomic E-state index is -0.297. The van der Waals surface area contributed by atoms with Crippen molar-refractivity contribution in [3.8, 4) is 0 Å². The molecule has 7 heteroatoms. The van der Waals surface area contributed by atoms with Gasteiger partial charge in [0.05, 0.1) is 5.25 Å². The summed E-state index contributed by atoms with van der Waals surface area (Å²) in [6.45, 7) is 5.63. The predicted octanol–water partition coefficient (Wildman–Crippen LogP) is 5.05. The molecule has 0 saturated heterocycles. The molecule has 1 heterocycles. The lowest BCUT2D eigenvalue weighted by molar-refractivity contribution is -0.115. The molecule has 6 nitrogen and oxygen atoms in total. The third kappa shape index (κ3) is 5.48. The van der Waals surface area contributed by atoms with E-state index in [1.54, 1.807) is 19.1 Å². The van der Waals surface area contributed by atoms with Gasteiger partial charge in [-0.2, -0.15) is 0 Å². The zero-order valence-corrected chi connectivity index (χ0v) is 17.4. The number of hydrogen-bond acceptors (Lipinski definition) is 5. The van der Waals surface area contributed by atoms with Crippen LogP contribution in [0.25, 0.3) is 0 Å². The molecular formula is C22H23N3O3S. The number of carbonyl (C=O) groups excluding carboxylic acids is 2. The van der Waals surface area contributed by atoms with Crippen LogP contribution in [-0.2, 0) is 4.79 Å². The molecule has 1 unspecified atom stereocenters. The number of aromatic nitrogens is 1. The number of carbonyl (C=O) groups is 2. The van der Waals surface area contributed by atoms with Gasteiger partial charge in [0.2, 0.25) is 5.91 Å². The summed E-state index contributed by atoms with van der Waals surface area (Å²) in [5, 5.41) is 9.20. The van der Waals surface area contributed by atoms with Gasteiger partial charge in [0.25, 0.3) is 5.91 Å². The molecule has 0 radical (unpaired) electrons. The van der Waals surface area contributed by atoms with Gasteiger partial charge < -0.3 is 15.2 Å². The molecule has 1 aromatic heterocycles. The Morgan fingerprint density at radius 3 is 2.55 bits per heavy atom. The van der Waals surface area contributed by atoms with Crippen LogP contribution in [0.1, 0.15) is 35.0 Å². The standard InChI is InChI=1S/C22H23N3O3S/c1-4-19(22(27)24-20-12-15(3)28-25-20)29-17-10-7-9-16(13-17)23-21(26)18-11-6-5-8-14(18)2/h5-13,19H,4H2,1-3H3,(H,23,26)(H,24,25,27). The fourth-order valence-electron chi connectivity index (χ4n) is 2.79. The summed E-state index contributed by atoms with van der Waals surface area (Å²) in [6, 6.07) is 16.6. The lowest BCUT2D eigenvalue weighted by Crippen LogP contribution is -2.24. The fraction of sp³-hybridized carbons (Fsp3) is 0.227. The van der Waals surface area contributed by atoms with Crippen LogP contribution < -0.4 is 10.6 Å². The summed E-state index contributed by atoms with van der Waals surface area (Å²) in [5.74, 6) is 0.750. The van der Waals surface area contributed by atoms with E-state index in [0.29, 0.717) is 29.2 Å². The molecule has 0 aliphatic rings. The van der Waals surface area contributed by atoms with Crippen molar-refractivity contribution in [2.45, 2.75) is 37.3 Å². The van der Waals surface area contributed by atoms with Gasteiger partial charge in [-0.3, -0.25) is 9.59 Å². The van der Waals surface area contributed by atoms with E-state index in [1.807, 2.05) is 56.3 Å². The van der Waals surface area contributed by atoms with Gasteiger partial charge in [0.1, 0.15) is 5.76 Å². The molecule has 0 saturated carbocycles. The minimum Gasteiger partial charge on any atom is -0.360 e. The van der Waals surface area contributed by atoms with Crippen molar-refractivity contribution in [2.24, 2.45) is 0 Å². The number of thioether (sulfide) groups is 1. The normalized spacial score (nSPS) is 11.7. The highest BCUT2D eigenvalue weighted by molar-refractivity contribution is 8.00. The van der Waals surface area contributed by atoms with Crippen LogP contribution in [0.15, 0.2) is 64.0 Å². The van der Waals surface area contributed by atoms with E-state index in [0.717, 1.165) is 10.5 Å². The Hall–Kier alpha value is -3.06. The maximum absolute atomic E-state index is 12.6. The molecule has 0 bridgehead atoms. The second kappa shape index (κ2) is 9.43. The van der Waals surface area contributed by atoms with Crippen molar-refractivity contribution < 1.29 is 14.1 Å². The lowest BCUT2D eigenvalue weighted by Gasteiger charge is -2.14. The SMILES string of the molecule is CCC(Sc1cccc(NC(=O)c2ccccc2C)c1)C(=O)Nc1cc(C)on1. The second-order valence-corrected chi connectivity index (χ2v) is 7.90. The van der Waals surface area contributed by atoms with E-state index in [1.165, 1.54) is 11.8 Å². The van der Waals surface area contributed by atoms with Crippen molar-refractivity contribution in [2.75, 3.05) is 10.6 Å². The number of rotatable bonds is 7. The quantitative estimate of drug-likeness (QED) is 0.533. The summed E-state index contributed by atoms with van der Waals surface area (Å²) in [6.07, 6.45) is 0.646. The first-order valence-corrected chi connectivity index (χ1v) is 10.2. The Labute approximate surface area is 174 Å². The van der Waals surface area contributed by atoms with Crippen molar-refractivity contribution in [3.05, 3.63) is 71.5 Å². The molecule has 3 rings (SSSR count). The predicted molar refractivity (Wildman–Crippen MR) is 115 cm³/mol. The zero-order valence-electron chi connectivity index (χ0n) is 16.6. The topological polar surface area (TPSA) is 84.2 Å². The molecule has 2 N–H and O–H groups in total. The summed E-state index contributed by atoms with van der Waals surface area (Å²) in [7, 11) is 0.